The topological polar surface area (TPSA) is 51.5 Å². The maximum absolute atomic E-state index is 12.2. The zero-order valence-corrected chi connectivity index (χ0v) is 12.5. The van der Waals surface area contributed by atoms with Gasteiger partial charge in [-0.05, 0) is 31.9 Å². The number of carbonyl (C=O) groups is 1. The quantitative estimate of drug-likeness (QED) is 0.930. The molecule has 2 aromatic rings. The molecule has 3 rings (SSSR count). The summed E-state index contributed by atoms with van der Waals surface area (Å²) in [7, 11) is 1.63. The van der Waals surface area contributed by atoms with Crippen molar-refractivity contribution in [3.8, 4) is 5.75 Å². The van der Waals surface area contributed by atoms with Gasteiger partial charge < -0.3 is 14.5 Å². The van der Waals surface area contributed by atoms with Crippen LogP contribution in [0.5, 0.6) is 5.75 Å². The molecule has 4 nitrogen and oxygen atoms in total. The minimum absolute atomic E-state index is 0.129. The Kier molecular flexibility index (Phi) is 3.86. The molecule has 112 valence electrons. The number of ether oxygens (including phenoxy) is 1. The van der Waals surface area contributed by atoms with Crippen LogP contribution in [-0.4, -0.2) is 13.0 Å². The van der Waals surface area contributed by atoms with Crippen LogP contribution in [0.25, 0.3) is 11.0 Å². The molecule has 1 aromatic heterocycles. The molecule has 4 heteroatoms. The van der Waals surface area contributed by atoms with Crippen LogP contribution in [0, 0.1) is 5.92 Å². The molecule has 1 heterocycles. The Balaban J connectivity index is 1.78. The highest BCUT2D eigenvalue weighted by Crippen LogP contribution is 2.31. The zero-order valence-electron chi connectivity index (χ0n) is 12.5. The van der Waals surface area contributed by atoms with E-state index in [1.54, 1.807) is 7.11 Å². The molecule has 1 aliphatic carbocycles. The van der Waals surface area contributed by atoms with Gasteiger partial charge in [0.05, 0.1) is 13.2 Å². The molecule has 1 unspecified atom stereocenters. The summed E-state index contributed by atoms with van der Waals surface area (Å²) < 4.78 is 11.2. The molecule has 1 fully saturated rings. The number of amides is 1. The number of para-hydroxylation sites is 1. The van der Waals surface area contributed by atoms with Gasteiger partial charge in [0.2, 0.25) is 5.91 Å². The molecule has 1 amide bonds. The lowest BCUT2D eigenvalue weighted by Crippen LogP contribution is -2.31. The van der Waals surface area contributed by atoms with Crippen LogP contribution in [-0.2, 0) is 4.79 Å². The number of furan rings is 1. The Bertz CT molecular complexity index is 641. The van der Waals surface area contributed by atoms with E-state index < -0.39 is 0 Å². The number of fused-ring (bicyclic) bond motifs is 1. The van der Waals surface area contributed by atoms with E-state index in [1.807, 2.05) is 31.2 Å². The third-order valence-electron chi connectivity index (χ3n) is 4.26. The van der Waals surface area contributed by atoms with Gasteiger partial charge in [0.25, 0.3) is 0 Å². The molecule has 0 radical (unpaired) electrons. The van der Waals surface area contributed by atoms with Crippen LogP contribution in [0.1, 0.15) is 44.4 Å². The molecule has 1 saturated carbocycles. The van der Waals surface area contributed by atoms with Crippen molar-refractivity contribution in [2.75, 3.05) is 7.11 Å². The van der Waals surface area contributed by atoms with E-state index >= 15 is 0 Å². The van der Waals surface area contributed by atoms with Crippen LogP contribution in [0.15, 0.2) is 28.7 Å². The van der Waals surface area contributed by atoms with Gasteiger partial charge in [-0.15, -0.1) is 0 Å². The van der Waals surface area contributed by atoms with Crippen molar-refractivity contribution in [2.24, 2.45) is 5.92 Å². The van der Waals surface area contributed by atoms with E-state index in [4.69, 9.17) is 9.15 Å². The van der Waals surface area contributed by atoms with Crippen LogP contribution in [0.4, 0.5) is 0 Å². The highest BCUT2D eigenvalue weighted by Gasteiger charge is 2.25. The second-order valence-electron chi connectivity index (χ2n) is 5.74. The SMILES string of the molecule is COc1cccc2cc(C(C)NC(=O)C3CCCC3)oc12. The number of hydrogen-bond acceptors (Lipinski definition) is 3. The summed E-state index contributed by atoms with van der Waals surface area (Å²) in [5, 5.41) is 4.06. The molecule has 1 aliphatic rings. The van der Waals surface area contributed by atoms with Crippen LogP contribution >= 0.6 is 0 Å². The molecule has 1 atom stereocenters. The molecule has 0 spiro atoms. The lowest BCUT2D eigenvalue weighted by Gasteiger charge is -2.15. The first kappa shape index (κ1) is 14.0. The van der Waals surface area contributed by atoms with Crippen molar-refractivity contribution in [3.05, 3.63) is 30.0 Å². The summed E-state index contributed by atoms with van der Waals surface area (Å²) >= 11 is 0. The number of carbonyl (C=O) groups excluding carboxylic acids is 1. The monoisotopic (exact) mass is 287 g/mol. The highest BCUT2D eigenvalue weighted by atomic mass is 16.5. The molecule has 0 saturated heterocycles. The average molecular weight is 287 g/mol. The largest absolute Gasteiger partial charge is 0.493 e. The third-order valence-corrected chi connectivity index (χ3v) is 4.26. The van der Waals surface area contributed by atoms with Crippen LogP contribution in [0.3, 0.4) is 0 Å². The normalized spacial score (nSPS) is 17.0. The lowest BCUT2D eigenvalue weighted by molar-refractivity contribution is -0.125. The predicted octanol–water partition coefficient (Wildman–Crippen LogP) is 3.81. The zero-order chi connectivity index (χ0) is 14.8. The molecule has 1 N–H and O–H groups in total. The second-order valence-corrected chi connectivity index (χ2v) is 5.74. The summed E-state index contributed by atoms with van der Waals surface area (Å²) in [4.78, 5) is 12.2. The summed E-state index contributed by atoms with van der Waals surface area (Å²) in [5.41, 5.74) is 0.733. The fraction of sp³-hybridized carbons (Fsp3) is 0.471. The Hall–Kier alpha value is -1.97. The van der Waals surface area contributed by atoms with Gasteiger partial charge in [0.15, 0.2) is 11.3 Å². The Morgan fingerprint density at radius 3 is 2.86 bits per heavy atom. The molecular weight excluding hydrogens is 266 g/mol. The Morgan fingerprint density at radius 2 is 2.14 bits per heavy atom. The van der Waals surface area contributed by atoms with Crippen molar-refractivity contribution in [1.82, 2.24) is 5.32 Å². The molecule has 21 heavy (non-hydrogen) atoms. The van der Waals surface area contributed by atoms with E-state index in [0.717, 1.165) is 42.4 Å². The standard InChI is InChI=1S/C17H21NO3/c1-11(18-17(19)12-6-3-4-7-12)15-10-13-8-5-9-14(20-2)16(13)21-15/h5,8-12H,3-4,6-7H2,1-2H3,(H,18,19). The lowest BCUT2D eigenvalue weighted by atomic mass is 10.1. The molecule has 0 bridgehead atoms. The third kappa shape index (κ3) is 2.75. The average Bonchev–Trinajstić information content (AvgIpc) is 3.15. The highest BCUT2D eigenvalue weighted by molar-refractivity contribution is 5.84. The van der Waals surface area contributed by atoms with E-state index in [9.17, 15) is 4.79 Å². The first-order valence-corrected chi connectivity index (χ1v) is 7.56. The number of hydrogen-bond donors (Lipinski definition) is 1. The van der Waals surface area contributed by atoms with Gasteiger partial charge in [-0.2, -0.15) is 0 Å². The maximum Gasteiger partial charge on any atom is 0.223 e. The number of rotatable bonds is 4. The summed E-state index contributed by atoms with van der Waals surface area (Å²) in [6, 6.07) is 7.63. The van der Waals surface area contributed by atoms with Crippen molar-refractivity contribution in [2.45, 2.75) is 38.6 Å². The van der Waals surface area contributed by atoms with Gasteiger partial charge in [0.1, 0.15) is 5.76 Å². The molecule has 0 aliphatic heterocycles. The first-order chi connectivity index (χ1) is 10.2. The summed E-state index contributed by atoms with van der Waals surface area (Å²) in [6.45, 7) is 1.96. The predicted molar refractivity (Wildman–Crippen MR) is 81.3 cm³/mol. The summed E-state index contributed by atoms with van der Waals surface area (Å²) in [6.07, 6.45) is 4.33. The fourth-order valence-electron chi connectivity index (χ4n) is 3.02. The van der Waals surface area contributed by atoms with Crippen LogP contribution < -0.4 is 10.1 Å². The number of benzene rings is 1. The smallest absolute Gasteiger partial charge is 0.223 e. The van der Waals surface area contributed by atoms with Crippen LogP contribution in [0.2, 0.25) is 0 Å². The van der Waals surface area contributed by atoms with Gasteiger partial charge >= 0.3 is 0 Å². The minimum atomic E-state index is -0.129. The van der Waals surface area contributed by atoms with E-state index in [1.165, 1.54) is 0 Å². The fourth-order valence-corrected chi connectivity index (χ4v) is 3.02. The van der Waals surface area contributed by atoms with E-state index in [2.05, 4.69) is 5.32 Å². The van der Waals surface area contributed by atoms with Crippen molar-refractivity contribution >= 4 is 16.9 Å². The van der Waals surface area contributed by atoms with Gasteiger partial charge in [0, 0.05) is 11.3 Å². The molecule has 1 aromatic carbocycles. The van der Waals surface area contributed by atoms with E-state index in [0.29, 0.717) is 5.75 Å². The van der Waals surface area contributed by atoms with Crippen molar-refractivity contribution in [3.63, 3.8) is 0 Å². The number of methoxy groups -OCH3 is 1. The molecular formula is C17H21NO3. The Morgan fingerprint density at radius 1 is 1.38 bits per heavy atom. The van der Waals surface area contributed by atoms with Crippen molar-refractivity contribution in [1.29, 1.82) is 0 Å². The maximum atomic E-state index is 12.2. The first-order valence-electron chi connectivity index (χ1n) is 7.56. The minimum Gasteiger partial charge on any atom is -0.493 e. The van der Waals surface area contributed by atoms with Crippen molar-refractivity contribution < 1.29 is 13.9 Å². The van der Waals surface area contributed by atoms with E-state index in [-0.39, 0.29) is 17.9 Å². The second kappa shape index (κ2) is 5.80. The Labute approximate surface area is 124 Å². The number of nitrogens with one attached hydrogen (secondary N) is 1. The van der Waals surface area contributed by atoms with Gasteiger partial charge in [-0.3, -0.25) is 4.79 Å². The summed E-state index contributed by atoms with van der Waals surface area (Å²) in [5.74, 6) is 1.80. The van der Waals surface area contributed by atoms with Gasteiger partial charge in [-0.25, -0.2) is 0 Å². The van der Waals surface area contributed by atoms with Gasteiger partial charge in [-0.1, -0.05) is 25.0 Å².